The number of likely N-dealkylation sites (tertiary alicyclic amines) is 1. The molecule has 1 aromatic rings. The second-order valence-electron chi connectivity index (χ2n) is 5.56. The zero-order chi connectivity index (χ0) is 16.7. The lowest BCUT2D eigenvalue weighted by molar-refractivity contribution is -0.144. The zero-order valence-corrected chi connectivity index (χ0v) is 13.1. The Bertz CT molecular complexity index is 708. The highest BCUT2D eigenvalue weighted by atomic mass is 32.2. The van der Waals surface area contributed by atoms with Crippen molar-refractivity contribution in [2.45, 2.75) is 37.6 Å². The number of amides is 1. The van der Waals surface area contributed by atoms with Crippen molar-refractivity contribution in [3.05, 3.63) is 17.6 Å². The summed E-state index contributed by atoms with van der Waals surface area (Å²) in [6.07, 6.45) is 1.03. The van der Waals surface area contributed by atoms with Crippen LogP contribution in [0.3, 0.4) is 0 Å². The first-order chi connectivity index (χ1) is 10.1. The molecule has 0 saturated carbocycles. The van der Waals surface area contributed by atoms with E-state index in [4.69, 9.17) is 9.56 Å². The number of nitrogens with two attached hydrogens (primary N) is 1. The molecule has 9 heteroatoms. The lowest BCUT2D eigenvalue weighted by Gasteiger charge is -2.35. The van der Waals surface area contributed by atoms with E-state index >= 15 is 0 Å². The molecule has 0 spiro atoms. The van der Waals surface area contributed by atoms with E-state index in [0.29, 0.717) is 12.8 Å². The molecule has 0 aliphatic carbocycles. The molecule has 0 bridgehead atoms. The van der Waals surface area contributed by atoms with Crippen molar-refractivity contribution in [3.8, 4) is 0 Å². The number of nitrogens with zero attached hydrogens (tertiary/aromatic N) is 1. The van der Waals surface area contributed by atoms with E-state index in [1.165, 1.54) is 11.8 Å². The summed E-state index contributed by atoms with van der Waals surface area (Å²) in [5, 5.41) is 14.3. The molecule has 2 heterocycles. The van der Waals surface area contributed by atoms with Crippen LogP contribution in [-0.4, -0.2) is 42.9 Å². The Morgan fingerprint density at radius 3 is 2.59 bits per heavy atom. The van der Waals surface area contributed by atoms with Crippen LogP contribution in [0.2, 0.25) is 0 Å². The number of carbonyl (C=O) groups is 2. The molecular weight excluding hydrogens is 312 g/mol. The standard InChI is InChI=1S/C13H18N2O6S/c1-7-3-4-15(9(5-7)13(17)18)12(16)10-6-11(8(2)21-10)22(14,19)20/h6-7,9H,3-5H2,1-2H3,(H,17,18)(H2,14,19,20). The maximum Gasteiger partial charge on any atom is 0.326 e. The van der Waals surface area contributed by atoms with Gasteiger partial charge in [-0.25, -0.2) is 18.4 Å². The quantitative estimate of drug-likeness (QED) is 0.832. The maximum atomic E-state index is 12.4. The van der Waals surface area contributed by atoms with E-state index in [1.54, 1.807) is 0 Å². The predicted molar refractivity (Wildman–Crippen MR) is 75.7 cm³/mol. The third-order valence-electron chi connectivity index (χ3n) is 3.80. The SMILES string of the molecule is Cc1oc(C(=O)N2CCC(C)CC2C(=O)O)cc1S(N)(=O)=O. The Labute approximate surface area is 127 Å². The van der Waals surface area contributed by atoms with Crippen LogP contribution in [0.25, 0.3) is 0 Å². The summed E-state index contributed by atoms with van der Waals surface area (Å²) in [5.41, 5.74) is 0. The molecule has 0 radical (unpaired) electrons. The average Bonchev–Trinajstić information content (AvgIpc) is 2.80. The Morgan fingerprint density at radius 1 is 1.45 bits per heavy atom. The van der Waals surface area contributed by atoms with Crippen LogP contribution in [-0.2, 0) is 14.8 Å². The topological polar surface area (TPSA) is 131 Å². The maximum absolute atomic E-state index is 12.4. The predicted octanol–water partition coefficient (Wildman–Crippen LogP) is 0.561. The molecule has 3 N–H and O–H groups in total. The van der Waals surface area contributed by atoms with Crippen molar-refractivity contribution in [1.82, 2.24) is 4.90 Å². The fraction of sp³-hybridized carbons (Fsp3) is 0.538. The number of carboxylic acids is 1. The largest absolute Gasteiger partial charge is 0.480 e. The third-order valence-corrected chi connectivity index (χ3v) is 4.82. The number of hydrogen-bond acceptors (Lipinski definition) is 5. The number of carbonyl (C=O) groups excluding carboxylic acids is 1. The van der Waals surface area contributed by atoms with Gasteiger partial charge in [-0.2, -0.15) is 0 Å². The van der Waals surface area contributed by atoms with Gasteiger partial charge in [-0.1, -0.05) is 6.92 Å². The second kappa shape index (κ2) is 5.73. The summed E-state index contributed by atoms with van der Waals surface area (Å²) in [7, 11) is -4.00. The number of sulfonamides is 1. The number of aliphatic carboxylic acids is 1. The Kier molecular flexibility index (Phi) is 4.30. The summed E-state index contributed by atoms with van der Waals surface area (Å²) >= 11 is 0. The first-order valence-electron chi connectivity index (χ1n) is 6.78. The highest BCUT2D eigenvalue weighted by molar-refractivity contribution is 7.89. The van der Waals surface area contributed by atoms with Crippen molar-refractivity contribution in [3.63, 3.8) is 0 Å². The molecule has 1 aromatic heterocycles. The van der Waals surface area contributed by atoms with Crippen molar-refractivity contribution >= 4 is 21.9 Å². The lowest BCUT2D eigenvalue weighted by atomic mass is 9.92. The third kappa shape index (κ3) is 3.14. The van der Waals surface area contributed by atoms with Gasteiger partial charge in [0.2, 0.25) is 10.0 Å². The van der Waals surface area contributed by atoms with Gasteiger partial charge in [0.25, 0.3) is 5.91 Å². The highest BCUT2D eigenvalue weighted by Gasteiger charge is 2.36. The van der Waals surface area contributed by atoms with Gasteiger partial charge in [0, 0.05) is 12.6 Å². The molecule has 2 atom stereocenters. The minimum atomic E-state index is -4.00. The highest BCUT2D eigenvalue weighted by Crippen LogP contribution is 2.26. The minimum Gasteiger partial charge on any atom is -0.480 e. The molecular formula is C13H18N2O6S. The number of piperidine rings is 1. The number of aryl methyl sites for hydroxylation is 1. The van der Waals surface area contributed by atoms with Gasteiger partial charge in [0.1, 0.15) is 16.7 Å². The van der Waals surface area contributed by atoms with E-state index in [-0.39, 0.29) is 28.9 Å². The second-order valence-corrected chi connectivity index (χ2v) is 7.09. The summed E-state index contributed by atoms with van der Waals surface area (Å²) in [5.74, 6) is -1.75. The van der Waals surface area contributed by atoms with E-state index in [2.05, 4.69) is 0 Å². The van der Waals surface area contributed by atoms with Crippen molar-refractivity contribution in [2.75, 3.05) is 6.54 Å². The molecule has 2 unspecified atom stereocenters. The van der Waals surface area contributed by atoms with Crippen LogP contribution in [0.1, 0.15) is 36.1 Å². The van der Waals surface area contributed by atoms with Gasteiger partial charge in [-0.05, 0) is 25.7 Å². The molecule has 1 fully saturated rings. The van der Waals surface area contributed by atoms with Crippen LogP contribution in [0, 0.1) is 12.8 Å². The smallest absolute Gasteiger partial charge is 0.326 e. The molecule has 122 valence electrons. The van der Waals surface area contributed by atoms with Crippen LogP contribution in [0.5, 0.6) is 0 Å². The Balaban J connectivity index is 2.33. The van der Waals surface area contributed by atoms with Crippen molar-refractivity contribution in [1.29, 1.82) is 0 Å². The van der Waals surface area contributed by atoms with Crippen molar-refractivity contribution in [2.24, 2.45) is 11.1 Å². The number of rotatable bonds is 3. The Morgan fingerprint density at radius 2 is 2.09 bits per heavy atom. The normalized spacial score (nSPS) is 22.6. The molecule has 1 amide bonds. The average molecular weight is 330 g/mol. The van der Waals surface area contributed by atoms with Crippen LogP contribution >= 0.6 is 0 Å². The lowest BCUT2D eigenvalue weighted by Crippen LogP contribution is -2.49. The van der Waals surface area contributed by atoms with E-state index < -0.39 is 27.9 Å². The monoisotopic (exact) mass is 330 g/mol. The number of furan rings is 1. The van der Waals surface area contributed by atoms with Crippen LogP contribution in [0.15, 0.2) is 15.4 Å². The molecule has 2 rings (SSSR count). The molecule has 1 aliphatic rings. The van der Waals surface area contributed by atoms with Gasteiger partial charge in [-0.15, -0.1) is 0 Å². The first-order valence-corrected chi connectivity index (χ1v) is 8.33. The summed E-state index contributed by atoms with van der Waals surface area (Å²) < 4.78 is 27.9. The van der Waals surface area contributed by atoms with Crippen LogP contribution in [0.4, 0.5) is 0 Å². The van der Waals surface area contributed by atoms with E-state index in [1.807, 2.05) is 6.92 Å². The molecule has 0 aromatic carbocycles. The van der Waals surface area contributed by atoms with Crippen molar-refractivity contribution < 1.29 is 27.5 Å². The number of hydrogen-bond donors (Lipinski definition) is 2. The Hall–Kier alpha value is -1.87. The number of primary sulfonamides is 1. The van der Waals surface area contributed by atoms with Gasteiger partial charge in [0.05, 0.1) is 0 Å². The fourth-order valence-corrected chi connectivity index (χ4v) is 3.33. The number of carboxylic acid groups (broad SMARTS) is 1. The molecule has 1 aliphatic heterocycles. The van der Waals surface area contributed by atoms with Gasteiger partial charge < -0.3 is 14.4 Å². The van der Waals surface area contributed by atoms with Gasteiger partial charge >= 0.3 is 5.97 Å². The van der Waals surface area contributed by atoms with Gasteiger partial charge in [0.15, 0.2) is 5.76 Å². The minimum absolute atomic E-state index is 0.00287. The molecule has 22 heavy (non-hydrogen) atoms. The molecule has 8 nitrogen and oxygen atoms in total. The molecule has 1 saturated heterocycles. The summed E-state index contributed by atoms with van der Waals surface area (Å²) in [6, 6.07) is 0.101. The first kappa shape index (κ1) is 16.5. The van der Waals surface area contributed by atoms with E-state index in [9.17, 15) is 23.1 Å². The van der Waals surface area contributed by atoms with Gasteiger partial charge in [-0.3, -0.25) is 4.79 Å². The summed E-state index contributed by atoms with van der Waals surface area (Å²) in [6.45, 7) is 3.58. The van der Waals surface area contributed by atoms with Crippen LogP contribution < -0.4 is 5.14 Å². The fourth-order valence-electron chi connectivity index (χ4n) is 2.61. The zero-order valence-electron chi connectivity index (χ0n) is 12.3. The van der Waals surface area contributed by atoms with E-state index in [0.717, 1.165) is 6.07 Å². The summed E-state index contributed by atoms with van der Waals surface area (Å²) in [4.78, 5) is 24.7.